The summed E-state index contributed by atoms with van der Waals surface area (Å²) in [4.78, 5) is 24.0. The first-order valence-corrected chi connectivity index (χ1v) is 13.4. The Bertz CT molecular complexity index is 1500. The van der Waals surface area contributed by atoms with E-state index < -0.39 is 15.9 Å². The maximum Gasteiger partial charge on any atom is 0.268 e. The summed E-state index contributed by atoms with van der Waals surface area (Å²) in [7, 11) is -4.23. The van der Waals surface area contributed by atoms with Crippen molar-refractivity contribution in [3.8, 4) is 11.3 Å². The van der Waals surface area contributed by atoms with E-state index in [1.807, 2.05) is 6.07 Å². The molecule has 1 aliphatic carbocycles. The van der Waals surface area contributed by atoms with Gasteiger partial charge in [-0.2, -0.15) is 0 Å². The Labute approximate surface area is 211 Å². The highest BCUT2D eigenvalue weighted by Crippen LogP contribution is 2.38. The van der Waals surface area contributed by atoms with Crippen LogP contribution >= 0.6 is 0 Å². The van der Waals surface area contributed by atoms with Crippen molar-refractivity contribution in [2.45, 2.75) is 44.0 Å². The van der Waals surface area contributed by atoms with E-state index in [4.69, 9.17) is 10.7 Å². The van der Waals surface area contributed by atoms with Crippen LogP contribution in [0.1, 0.15) is 48.7 Å². The topological polar surface area (TPSA) is 118 Å². The molecular weight excluding hydrogens is 474 g/mol. The van der Waals surface area contributed by atoms with Gasteiger partial charge >= 0.3 is 0 Å². The quantitative estimate of drug-likeness (QED) is 0.539. The van der Waals surface area contributed by atoms with Crippen LogP contribution in [0.2, 0.25) is 0 Å². The normalized spacial score (nSPS) is 18.3. The van der Waals surface area contributed by atoms with Gasteiger partial charge in [-0.3, -0.25) is 4.79 Å². The number of nitrogens with zero attached hydrogens (tertiary/aromatic N) is 3. The molecule has 186 valence electrons. The number of nitrogens with two attached hydrogens (primary N) is 1. The maximum absolute atomic E-state index is 13.4. The number of anilines is 2. The van der Waals surface area contributed by atoms with Gasteiger partial charge in [0, 0.05) is 23.8 Å². The van der Waals surface area contributed by atoms with Gasteiger partial charge in [0.05, 0.1) is 11.3 Å². The number of pyridine rings is 2. The van der Waals surface area contributed by atoms with Gasteiger partial charge in [0.2, 0.25) is 0 Å². The van der Waals surface area contributed by atoms with Crippen LogP contribution in [0.25, 0.3) is 17.3 Å². The summed E-state index contributed by atoms with van der Waals surface area (Å²) in [6, 6.07) is 12.4. The summed E-state index contributed by atoms with van der Waals surface area (Å²) >= 11 is 0. The molecule has 3 heterocycles. The number of carbonyl (C=O) groups excluding carboxylic acids is 1. The molecule has 9 heteroatoms. The van der Waals surface area contributed by atoms with Crippen molar-refractivity contribution in [1.29, 1.82) is 0 Å². The van der Waals surface area contributed by atoms with Crippen molar-refractivity contribution in [3.63, 3.8) is 0 Å². The fraction of sp³-hybridized carbons (Fsp3) is 0.296. The highest BCUT2D eigenvalue weighted by molar-refractivity contribution is 7.90. The molecule has 0 radical (unpaired) electrons. The Morgan fingerprint density at radius 1 is 1.19 bits per heavy atom. The number of nitrogen functional groups attached to an aromatic ring is 1. The average Bonchev–Trinajstić information content (AvgIpc) is 3.40. The zero-order valence-electron chi connectivity index (χ0n) is 20.5. The Morgan fingerprint density at radius 3 is 2.72 bits per heavy atom. The van der Waals surface area contributed by atoms with Gasteiger partial charge in [0.25, 0.3) is 15.9 Å². The molecule has 1 saturated heterocycles. The Morgan fingerprint density at radius 2 is 2.00 bits per heavy atom. The molecule has 36 heavy (non-hydrogen) atoms. The van der Waals surface area contributed by atoms with E-state index in [0.717, 1.165) is 29.7 Å². The van der Waals surface area contributed by atoms with E-state index in [0.29, 0.717) is 18.3 Å². The second-order valence-corrected chi connectivity index (χ2v) is 11.8. The number of benzene rings is 1. The van der Waals surface area contributed by atoms with Gasteiger partial charge in [-0.05, 0) is 74.1 Å². The van der Waals surface area contributed by atoms with Crippen molar-refractivity contribution < 1.29 is 13.2 Å². The molecule has 0 saturated carbocycles. The fourth-order valence-electron chi connectivity index (χ4n) is 5.22. The van der Waals surface area contributed by atoms with E-state index >= 15 is 0 Å². The second-order valence-electron chi connectivity index (χ2n) is 10.1. The average molecular weight is 504 g/mol. The van der Waals surface area contributed by atoms with Crippen LogP contribution in [-0.4, -0.2) is 36.4 Å². The Balaban J connectivity index is 1.57. The predicted molar refractivity (Wildman–Crippen MR) is 141 cm³/mol. The number of allylic oxidation sites excluding steroid dienone is 1. The van der Waals surface area contributed by atoms with Gasteiger partial charge < -0.3 is 10.6 Å². The molecule has 1 aliphatic heterocycles. The molecule has 1 atom stereocenters. The summed E-state index contributed by atoms with van der Waals surface area (Å²) in [6.45, 7) is 7.09. The van der Waals surface area contributed by atoms with Gasteiger partial charge in [-0.25, -0.2) is 23.1 Å². The van der Waals surface area contributed by atoms with Crippen molar-refractivity contribution in [2.24, 2.45) is 5.92 Å². The van der Waals surface area contributed by atoms with E-state index in [1.54, 1.807) is 12.1 Å². The summed E-state index contributed by atoms with van der Waals surface area (Å²) in [6.07, 6.45) is 7.46. The molecule has 5 rings (SSSR count). The molecule has 0 bridgehead atoms. The highest BCUT2D eigenvalue weighted by Gasteiger charge is 2.39. The number of aromatic nitrogens is 2. The molecule has 1 aromatic carbocycles. The smallest absolute Gasteiger partial charge is 0.268 e. The van der Waals surface area contributed by atoms with Crippen LogP contribution in [0.4, 0.5) is 11.6 Å². The molecule has 0 unspecified atom stereocenters. The number of carbonyl (C=O) groups is 1. The third-order valence-corrected chi connectivity index (χ3v) is 8.22. The van der Waals surface area contributed by atoms with E-state index in [-0.39, 0.29) is 21.8 Å². The lowest BCUT2D eigenvalue weighted by Crippen LogP contribution is -2.41. The van der Waals surface area contributed by atoms with E-state index in [2.05, 4.69) is 59.7 Å². The highest BCUT2D eigenvalue weighted by atomic mass is 32.2. The maximum atomic E-state index is 13.4. The first-order chi connectivity index (χ1) is 17.0. The van der Waals surface area contributed by atoms with Crippen molar-refractivity contribution in [3.05, 3.63) is 71.4 Å². The lowest BCUT2D eigenvalue weighted by Gasteiger charge is -2.34. The molecule has 8 nitrogen and oxygen atoms in total. The Hall–Kier alpha value is -3.72. The monoisotopic (exact) mass is 503 g/mol. The summed E-state index contributed by atoms with van der Waals surface area (Å²) in [5.74, 6) is -0.0821. The van der Waals surface area contributed by atoms with Crippen LogP contribution in [0.15, 0.2) is 59.6 Å². The summed E-state index contributed by atoms with van der Waals surface area (Å²) < 4.78 is 28.1. The minimum Gasteiger partial charge on any atom is -0.383 e. The van der Waals surface area contributed by atoms with Crippen molar-refractivity contribution >= 4 is 33.6 Å². The third-order valence-electron chi connectivity index (χ3n) is 6.84. The lowest BCUT2D eigenvalue weighted by molar-refractivity contribution is 0.0981. The van der Waals surface area contributed by atoms with Gasteiger partial charge in [-0.1, -0.05) is 31.2 Å². The number of hydrogen-bond donors (Lipinski definition) is 2. The minimum atomic E-state index is -4.23. The first kappa shape index (κ1) is 24.0. The molecule has 3 N–H and O–H groups in total. The zero-order chi connectivity index (χ0) is 25.7. The van der Waals surface area contributed by atoms with Crippen LogP contribution in [0, 0.1) is 5.92 Å². The lowest BCUT2D eigenvalue weighted by atomic mass is 9.97. The van der Waals surface area contributed by atoms with E-state index in [9.17, 15) is 13.2 Å². The van der Waals surface area contributed by atoms with Crippen LogP contribution in [0.5, 0.6) is 0 Å². The molecule has 3 aromatic rings. The van der Waals surface area contributed by atoms with Crippen LogP contribution in [0.3, 0.4) is 0 Å². The van der Waals surface area contributed by atoms with Crippen LogP contribution in [-0.2, 0) is 16.4 Å². The number of fused-ring (bicyclic) bond motifs is 1. The van der Waals surface area contributed by atoms with E-state index in [1.165, 1.54) is 23.9 Å². The summed E-state index contributed by atoms with van der Waals surface area (Å²) in [5, 5.41) is 0. The number of hydrogen-bond acceptors (Lipinski definition) is 7. The number of amides is 1. The zero-order valence-corrected chi connectivity index (χ0v) is 21.3. The number of rotatable bonds is 5. The van der Waals surface area contributed by atoms with Gasteiger partial charge in [0.15, 0.2) is 0 Å². The number of sulfonamides is 1. The van der Waals surface area contributed by atoms with Crippen LogP contribution < -0.4 is 15.4 Å². The minimum absolute atomic E-state index is 0.174. The molecular formula is C27H29N5O3S. The predicted octanol–water partition coefficient (Wildman–Crippen LogP) is 4.04. The molecule has 1 amide bonds. The van der Waals surface area contributed by atoms with Crippen molar-refractivity contribution in [2.75, 3.05) is 17.2 Å². The summed E-state index contributed by atoms with van der Waals surface area (Å²) in [5.41, 5.74) is 9.78. The molecule has 0 spiro atoms. The molecule has 2 aromatic heterocycles. The standard InChI is InChI=1S/C27H29N5O3S/c1-17-15-27(2,3)32(16-17)25-21(26(33)31-36(34,35)23-8-5-13-29-24(23)28)11-12-22(30-25)20-10-9-18-6-4-7-19(18)14-20/h4-5,7-14,17H,6,15-16H2,1-3H3,(H2,28,29)(H,31,33)/t17-/m0/s1. The fourth-order valence-corrected chi connectivity index (χ4v) is 6.27. The van der Waals surface area contributed by atoms with Gasteiger partial charge in [-0.15, -0.1) is 0 Å². The third kappa shape index (κ3) is 4.35. The largest absolute Gasteiger partial charge is 0.383 e. The SMILES string of the molecule is C[C@@H]1CN(c2nc(-c3ccc4c(c3)C=CC4)ccc2C(=O)NS(=O)(=O)c2cccnc2N)C(C)(C)C1. The molecule has 1 fully saturated rings. The van der Waals surface area contributed by atoms with Gasteiger partial charge in [0.1, 0.15) is 16.5 Å². The number of nitrogens with one attached hydrogen (secondary N) is 1. The van der Waals surface area contributed by atoms with Crippen molar-refractivity contribution in [1.82, 2.24) is 14.7 Å². The molecule has 2 aliphatic rings. The first-order valence-electron chi connectivity index (χ1n) is 11.9. The second kappa shape index (κ2) is 8.74. The Kier molecular flexibility index (Phi) is 5.83.